The molecule has 1 rings (SSSR count). The van der Waals surface area contributed by atoms with E-state index >= 15 is 0 Å². The predicted octanol–water partition coefficient (Wildman–Crippen LogP) is 0.486. The normalized spacial score (nSPS) is 8.62. The van der Waals surface area contributed by atoms with Crippen LogP contribution in [0.2, 0.25) is 0 Å². The smallest absolute Gasteiger partial charge is 0.182 e. The maximum Gasteiger partial charge on any atom is 0.182 e. The molecule has 1 aromatic heterocycles. The second-order valence-corrected chi connectivity index (χ2v) is 2.19. The van der Waals surface area contributed by atoms with Gasteiger partial charge >= 0.3 is 0 Å². The second-order valence-electron chi connectivity index (χ2n) is 2.19. The van der Waals surface area contributed by atoms with Crippen LogP contribution in [0.4, 0.5) is 0 Å². The van der Waals surface area contributed by atoms with Crippen molar-refractivity contribution in [2.75, 3.05) is 7.11 Å². The van der Waals surface area contributed by atoms with Crippen molar-refractivity contribution in [3.63, 3.8) is 0 Å². The highest BCUT2D eigenvalue weighted by Crippen LogP contribution is 2.09. The minimum Gasteiger partial charge on any atom is -0.497 e. The molecule has 0 radical (unpaired) electrons. The lowest BCUT2D eigenvalue weighted by atomic mass is 10.3. The van der Waals surface area contributed by atoms with Gasteiger partial charge in [0.25, 0.3) is 0 Å². The van der Waals surface area contributed by atoms with Gasteiger partial charge in [-0.25, -0.2) is 0 Å². The first-order valence-electron chi connectivity index (χ1n) is 3.52. The first-order chi connectivity index (χ1) is 6.27. The molecule has 1 heterocycles. The van der Waals surface area contributed by atoms with E-state index in [1.54, 1.807) is 18.3 Å². The molecule has 0 unspecified atom stereocenters. The molecule has 5 heteroatoms. The fraction of sp³-hybridized carbons (Fsp3) is 0.125. The predicted molar refractivity (Wildman–Crippen MR) is 46.4 cm³/mol. The fourth-order valence-electron chi connectivity index (χ4n) is 0.795. The van der Waals surface area contributed by atoms with Crippen LogP contribution in [0.5, 0.6) is 5.75 Å². The number of nitrogens with one attached hydrogen (secondary N) is 2. The van der Waals surface area contributed by atoms with E-state index in [0.717, 1.165) is 0 Å². The number of nitrogens with zero attached hydrogens (tertiary/aromatic N) is 2. The average molecular weight is 176 g/mol. The number of hydrogen-bond donors (Lipinski definition) is 2. The molecule has 0 saturated carbocycles. The Balaban J connectivity index is 2.89. The minimum atomic E-state index is -0.0404. The molecule has 0 bridgehead atoms. The van der Waals surface area contributed by atoms with E-state index in [4.69, 9.17) is 15.4 Å². The zero-order chi connectivity index (χ0) is 9.68. The van der Waals surface area contributed by atoms with Crippen molar-refractivity contribution in [2.45, 2.75) is 0 Å². The standard InChI is InChI=1S/C8H8N4O/c1-13-6-2-3-11-7(4-6)8(10)12-5-9/h2-4H,1H3,(H2,10,12). The summed E-state index contributed by atoms with van der Waals surface area (Å²) in [5, 5.41) is 17.8. The Morgan fingerprint density at radius 1 is 1.77 bits per heavy atom. The van der Waals surface area contributed by atoms with Crippen LogP contribution in [0.25, 0.3) is 0 Å². The molecule has 0 fully saturated rings. The molecule has 0 atom stereocenters. The van der Waals surface area contributed by atoms with Gasteiger partial charge in [0.15, 0.2) is 12.0 Å². The maximum absolute atomic E-state index is 8.26. The molecule has 0 spiro atoms. The fourth-order valence-corrected chi connectivity index (χ4v) is 0.795. The lowest BCUT2D eigenvalue weighted by Gasteiger charge is -2.02. The first-order valence-corrected chi connectivity index (χ1v) is 3.52. The van der Waals surface area contributed by atoms with Crippen LogP contribution in [0.1, 0.15) is 5.69 Å². The van der Waals surface area contributed by atoms with Gasteiger partial charge in [-0.15, -0.1) is 0 Å². The molecular formula is C8H8N4O. The number of rotatable bonds is 2. The van der Waals surface area contributed by atoms with Crippen LogP contribution in [0.15, 0.2) is 18.3 Å². The van der Waals surface area contributed by atoms with E-state index in [9.17, 15) is 0 Å². The van der Waals surface area contributed by atoms with Crippen molar-refractivity contribution in [1.82, 2.24) is 10.3 Å². The van der Waals surface area contributed by atoms with E-state index in [0.29, 0.717) is 11.4 Å². The van der Waals surface area contributed by atoms with Gasteiger partial charge in [0.2, 0.25) is 0 Å². The van der Waals surface area contributed by atoms with Gasteiger partial charge < -0.3 is 4.74 Å². The van der Waals surface area contributed by atoms with Gasteiger partial charge in [0.1, 0.15) is 11.4 Å². The Kier molecular flexibility index (Phi) is 2.82. The molecule has 0 aliphatic rings. The summed E-state index contributed by atoms with van der Waals surface area (Å²) >= 11 is 0. The highest BCUT2D eigenvalue weighted by atomic mass is 16.5. The quantitative estimate of drug-likeness (QED) is 0.297. The summed E-state index contributed by atoms with van der Waals surface area (Å²) < 4.78 is 4.94. The molecule has 0 aliphatic carbocycles. The zero-order valence-corrected chi connectivity index (χ0v) is 7.03. The van der Waals surface area contributed by atoms with Crippen molar-refractivity contribution >= 4 is 5.84 Å². The van der Waals surface area contributed by atoms with E-state index < -0.39 is 0 Å². The Hall–Kier alpha value is -2.09. The molecule has 2 N–H and O–H groups in total. The Morgan fingerprint density at radius 2 is 2.54 bits per heavy atom. The highest BCUT2D eigenvalue weighted by molar-refractivity contribution is 5.95. The third kappa shape index (κ3) is 2.17. The van der Waals surface area contributed by atoms with Crippen LogP contribution in [0.3, 0.4) is 0 Å². The van der Waals surface area contributed by atoms with Crippen LogP contribution in [-0.2, 0) is 0 Å². The molecule has 1 aromatic rings. The summed E-state index contributed by atoms with van der Waals surface area (Å²) in [6.45, 7) is 0. The van der Waals surface area contributed by atoms with Gasteiger partial charge in [0, 0.05) is 12.3 Å². The molecule has 5 nitrogen and oxygen atoms in total. The topological polar surface area (TPSA) is 81.8 Å². The van der Waals surface area contributed by atoms with Gasteiger partial charge in [0.05, 0.1) is 7.11 Å². The van der Waals surface area contributed by atoms with Crippen LogP contribution >= 0.6 is 0 Å². The molecular weight excluding hydrogens is 168 g/mol. The van der Waals surface area contributed by atoms with Gasteiger partial charge in [-0.05, 0) is 6.07 Å². The average Bonchev–Trinajstić information content (AvgIpc) is 2.18. The lowest BCUT2D eigenvalue weighted by Crippen LogP contribution is -2.18. The van der Waals surface area contributed by atoms with E-state index in [2.05, 4.69) is 10.3 Å². The van der Waals surface area contributed by atoms with Crippen LogP contribution in [-0.4, -0.2) is 17.9 Å². The van der Waals surface area contributed by atoms with Gasteiger partial charge in [-0.3, -0.25) is 15.7 Å². The summed E-state index contributed by atoms with van der Waals surface area (Å²) in [4.78, 5) is 3.89. The molecule has 66 valence electrons. The molecule has 0 amide bonds. The number of aromatic nitrogens is 1. The third-order valence-electron chi connectivity index (χ3n) is 1.40. The third-order valence-corrected chi connectivity index (χ3v) is 1.40. The highest BCUT2D eigenvalue weighted by Gasteiger charge is 2.02. The van der Waals surface area contributed by atoms with E-state index in [1.165, 1.54) is 13.3 Å². The molecule has 0 saturated heterocycles. The minimum absolute atomic E-state index is 0.0404. The van der Waals surface area contributed by atoms with Crippen molar-refractivity contribution < 1.29 is 4.74 Å². The van der Waals surface area contributed by atoms with Crippen molar-refractivity contribution in [3.05, 3.63) is 24.0 Å². The number of methoxy groups -OCH3 is 1. The Bertz CT molecular complexity index is 355. The van der Waals surface area contributed by atoms with Crippen molar-refractivity contribution in [1.29, 1.82) is 10.7 Å². The monoisotopic (exact) mass is 176 g/mol. The molecule has 13 heavy (non-hydrogen) atoms. The molecule has 0 aromatic carbocycles. The Morgan fingerprint density at radius 3 is 3.15 bits per heavy atom. The summed E-state index contributed by atoms with van der Waals surface area (Å²) in [6, 6.07) is 3.25. The van der Waals surface area contributed by atoms with Gasteiger partial charge in [-0.2, -0.15) is 5.26 Å². The number of pyridine rings is 1. The number of amidine groups is 1. The van der Waals surface area contributed by atoms with Crippen LogP contribution in [0, 0.1) is 16.9 Å². The maximum atomic E-state index is 8.26. The zero-order valence-electron chi connectivity index (χ0n) is 7.03. The largest absolute Gasteiger partial charge is 0.497 e. The van der Waals surface area contributed by atoms with Crippen molar-refractivity contribution in [2.24, 2.45) is 0 Å². The number of hydrogen-bond acceptors (Lipinski definition) is 4. The SMILES string of the molecule is COc1ccnc(C(=N)NC#N)c1. The summed E-state index contributed by atoms with van der Waals surface area (Å²) in [5.74, 6) is 0.566. The lowest BCUT2D eigenvalue weighted by molar-refractivity contribution is 0.414. The summed E-state index contributed by atoms with van der Waals surface area (Å²) in [7, 11) is 1.53. The Labute approximate surface area is 75.5 Å². The second kappa shape index (κ2) is 4.07. The number of ether oxygens (including phenoxy) is 1. The van der Waals surface area contributed by atoms with Crippen molar-refractivity contribution in [3.8, 4) is 11.9 Å². The molecule has 0 aliphatic heterocycles. The van der Waals surface area contributed by atoms with E-state index in [-0.39, 0.29) is 5.84 Å². The summed E-state index contributed by atoms with van der Waals surface area (Å²) in [6.07, 6.45) is 3.16. The van der Waals surface area contributed by atoms with Gasteiger partial charge in [-0.1, -0.05) is 0 Å². The number of nitriles is 1. The van der Waals surface area contributed by atoms with E-state index in [1.807, 2.05) is 0 Å². The van der Waals surface area contributed by atoms with Crippen LogP contribution < -0.4 is 10.1 Å². The first kappa shape index (κ1) is 9.00. The summed E-state index contributed by atoms with van der Waals surface area (Å²) in [5.41, 5.74) is 0.376.